The molecule has 0 bridgehead atoms. The van der Waals surface area contributed by atoms with Gasteiger partial charge in [0.25, 0.3) is 0 Å². The predicted molar refractivity (Wildman–Crippen MR) is 89.8 cm³/mol. The minimum atomic E-state index is 0.384. The minimum absolute atomic E-state index is 0.384. The Morgan fingerprint density at radius 1 is 1.10 bits per heavy atom. The molecule has 1 fully saturated rings. The third-order valence-corrected chi connectivity index (χ3v) is 4.74. The van der Waals surface area contributed by atoms with Gasteiger partial charge in [0.1, 0.15) is 11.9 Å². The lowest BCUT2D eigenvalue weighted by Crippen LogP contribution is -2.21. The van der Waals surface area contributed by atoms with Crippen LogP contribution in [0.5, 0.6) is 5.75 Å². The van der Waals surface area contributed by atoms with E-state index in [4.69, 9.17) is 10.5 Å². The highest BCUT2D eigenvalue weighted by Gasteiger charge is 2.31. The van der Waals surface area contributed by atoms with Crippen molar-refractivity contribution in [2.24, 2.45) is 17.6 Å². The highest BCUT2D eigenvalue weighted by atomic mass is 16.5. The van der Waals surface area contributed by atoms with Crippen LogP contribution in [0.3, 0.4) is 0 Å². The Morgan fingerprint density at radius 2 is 1.86 bits per heavy atom. The Kier molecular flexibility index (Phi) is 6.37. The van der Waals surface area contributed by atoms with Gasteiger partial charge in [0, 0.05) is 12.2 Å². The molecular formula is C18H30N2O. The van der Waals surface area contributed by atoms with Crippen molar-refractivity contribution in [3.8, 4) is 5.75 Å². The first-order valence-electron chi connectivity index (χ1n) is 8.41. The van der Waals surface area contributed by atoms with Crippen LogP contribution in [0.1, 0.15) is 46.0 Å². The molecule has 1 saturated carbocycles. The second-order valence-corrected chi connectivity index (χ2v) is 6.37. The highest BCUT2D eigenvalue weighted by Crippen LogP contribution is 2.34. The van der Waals surface area contributed by atoms with Crippen molar-refractivity contribution in [3.05, 3.63) is 24.3 Å². The zero-order chi connectivity index (χ0) is 15.1. The van der Waals surface area contributed by atoms with Crippen LogP contribution in [-0.2, 0) is 0 Å². The molecule has 1 aliphatic carbocycles. The largest absolute Gasteiger partial charge is 0.490 e. The molecule has 0 heterocycles. The van der Waals surface area contributed by atoms with Crippen LogP contribution in [0.4, 0.5) is 5.69 Å². The highest BCUT2D eigenvalue weighted by molar-refractivity contribution is 5.46. The van der Waals surface area contributed by atoms with Crippen LogP contribution in [0.2, 0.25) is 0 Å². The van der Waals surface area contributed by atoms with Crippen molar-refractivity contribution in [2.45, 2.75) is 52.1 Å². The zero-order valence-corrected chi connectivity index (χ0v) is 13.5. The molecule has 2 rings (SSSR count). The maximum Gasteiger partial charge on any atom is 0.119 e. The van der Waals surface area contributed by atoms with E-state index in [1.165, 1.54) is 31.4 Å². The summed E-state index contributed by atoms with van der Waals surface area (Å²) in [5.41, 5.74) is 6.66. The number of anilines is 1. The lowest BCUT2D eigenvalue weighted by molar-refractivity contribution is 0.155. The zero-order valence-electron chi connectivity index (χ0n) is 13.5. The number of benzene rings is 1. The molecule has 118 valence electrons. The smallest absolute Gasteiger partial charge is 0.119 e. The van der Waals surface area contributed by atoms with Gasteiger partial charge in [-0.15, -0.1) is 0 Å². The SMILES string of the molecule is CC1CCC(Oc2ccc(NCCCCCN)cc2)C1C. The van der Waals surface area contributed by atoms with E-state index in [1.54, 1.807) is 0 Å². The third kappa shape index (κ3) is 4.92. The van der Waals surface area contributed by atoms with Crippen molar-refractivity contribution in [2.75, 3.05) is 18.4 Å². The first-order chi connectivity index (χ1) is 10.2. The summed E-state index contributed by atoms with van der Waals surface area (Å²) in [4.78, 5) is 0. The second-order valence-electron chi connectivity index (χ2n) is 6.37. The molecular weight excluding hydrogens is 260 g/mol. The van der Waals surface area contributed by atoms with E-state index in [1.807, 2.05) is 0 Å². The van der Waals surface area contributed by atoms with Crippen LogP contribution in [0, 0.1) is 11.8 Å². The maximum absolute atomic E-state index is 6.13. The van der Waals surface area contributed by atoms with E-state index >= 15 is 0 Å². The van der Waals surface area contributed by atoms with E-state index < -0.39 is 0 Å². The average Bonchev–Trinajstić information content (AvgIpc) is 2.81. The third-order valence-electron chi connectivity index (χ3n) is 4.74. The number of ether oxygens (including phenoxy) is 1. The fraction of sp³-hybridized carbons (Fsp3) is 0.667. The van der Waals surface area contributed by atoms with Gasteiger partial charge in [-0.1, -0.05) is 20.3 Å². The van der Waals surface area contributed by atoms with E-state index in [9.17, 15) is 0 Å². The van der Waals surface area contributed by atoms with Gasteiger partial charge >= 0.3 is 0 Å². The van der Waals surface area contributed by atoms with Crippen LogP contribution >= 0.6 is 0 Å². The molecule has 3 atom stereocenters. The Bertz CT molecular complexity index is 404. The lowest BCUT2D eigenvalue weighted by Gasteiger charge is -2.20. The molecule has 0 aromatic heterocycles. The van der Waals surface area contributed by atoms with Crippen molar-refractivity contribution >= 4 is 5.69 Å². The quantitative estimate of drug-likeness (QED) is 0.710. The molecule has 0 radical (unpaired) electrons. The van der Waals surface area contributed by atoms with E-state index in [2.05, 4.69) is 43.4 Å². The van der Waals surface area contributed by atoms with Crippen LogP contribution in [0.25, 0.3) is 0 Å². The molecule has 0 amide bonds. The molecule has 21 heavy (non-hydrogen) atoms. The summed E-state index contributed by atoms with van der Waals surface area (Å²) in [7, 11) is 0. The number of nitrogens with one attached hydrogen (secondary N) is 1. The fourth-order valence-electron chi connectivity index (χ4n) is 2.99. The molecule has 3 N–H and O–H groups in total. The molecule has 3 nitrogen and oxygen atoms in total. The van der Waals surface area contributed by atoms with Gasteiger partial charge in [-0.3, -0.25) is 0 Å². The fourth-order valence-corrected chi connectivity index (χ4v) is 2.99. The molecule has 3 unspecified atom stereocenters. The second kappa shape index (κ2) is 8.28. The first-order valence-corrected chi connectivity index (χ1v) is 8.41. The van der Waals surface area contributed by atoms with Crippen LogP contribution in [-0.4, -0.2) is 19.2 Å². The number of hydrogen-bond acceptors (Lipinski definition) is 3. The summed E-state index contributed by atoms with van der Waals surface area (Å²) in [5.74, 6) is 2.43. The van der Waals surface area contributed by atoms with Gasteiger partial charge in [-0.25, -0.2) is 0 Å². The topological polar surface area (TPSA) is 47.3 Å². The molecule has 0 aliphatic heterocycles. The normalized spacial score (nSPS) is 25.0. The van der Waals surface area contributed by atoms with Gasteiger partial charge in [-0.05, 0) is 68.3 Å². The summed E-state index contributed by atoms with van der Waals surface area (Å²) >= 11 is 0. The number of hydrogen-bond donors (Lipinski definition) is 2. The molecule has 1 aliphatic rings. The first kappa shape index (κ1) is 16.2. The van der Waals surface area contributed by atoms with Gasteiger partial charge in [0.2, 0.25) is 0 Å². The Hall–Kier alpha value is -1.22. The molecule has 1 aromatic carbocycles. The van der Waals surface area contributed by atoms with Crippen molar-refractivity contribution < 1.29 is 4.74 Å². The minimum Gasteiger partial charge on any atom is -0.490 e. The number of nitrogens with two attached hydrogens (primary N) is 1. The maximum atomic E-state index is 6.13. The molecule has 0 spiro atoms. The Morgan fingerprint density at radius 3 is 2.48 bits per heavy atom. The summed E-state index contributed by atoms with van der Waals surface area (Å²) in [6, 6.07) is 8.39. The van der Waals surface area contributed by atoms with Gasteiger partial charge in [0.15, 0.2) is 0 Å². The van der Waals surface area contributed by atoms with Crippen molar-refractivity contribution in [3.63, 3.8) is 0 Å². The summed E-state index contributed by atoms with van der Waals surface area (Å²) < 4.78 is 6.13. The average molecular weight is 290 g/mol. The number of rotatable bonds is 8. The summed E-state index contributed by atoms with van der Waals surface area (Å²) in [5, 5.41) is 3.44. The van der Waals surface area contributed by atoms with Crippen LogP contribution in [0.15, 0.2) is 24.3 Å². The molecule has 0 saturated heterocycles. The van der Waals surface area contributed by atoms with Crippen molar-refractivity contribution in [1.82, 2.24) is 0 Å². The van der Waals surface area contributed by atoms with Gasteiger partial charge in [-0.2, -0.15) is 0 Å². The Labute approximate surface area is 129 Å². The molecule has 1 aromatic rings. The Balaban J connectivity index is 1.74. The summed E-state index contributed by atoms with van der Waals surface area (Å²) in [6.45, 7) is 6.44. The predicted octanol–water partition coefficient (Wildman–Crippen LogP) is 4.04. The number of unbranched alkanes of at least 4 members (excludes halogenated alkanes) is 2. The standard InChI is InChI=1S/C18H30N2O/c1-14-6-11-18(15(14)2)21-17-9-7-16(8-10-17)20-13-5-3-4-12-19/h7-10,14-15,18,20H,3-6,11-13,19H2,1-2H3. The van der Waals surface area contributed by atoms with Crippen LogP contribution < -0.4 is 15.8 Å². The summed E-state index contributed by atoms with van der Waals surface area (Å²) in [6.07, 6.45) is 6.34. The van der Waals surface area contributed by atoms with Crippen molar-refractivity contribution in [1.29, 1.82) is 0 Å². The van der Waals surface area contributed by atoms with Gasteiger partial charge < -0.3 is 15.8 Å². The lowest BCUT2D eigenvalue weighted by atomic mass is 9.99. The van der Waals surface area contributed by atoms with E-state index in [0.29, 0.717) is 12.0 Å². The monoisotopic (exact) mass is 290 g/mol. The molecule has 3 heteroatoms. The van der Waals surface area contributed by atoms with E-state index in [0.717, 1.165) is 31.2 Å². The van der Waals surface area contributed by atoms with E-state index in [-0.39, 0.29) is 0 Å². The van der Waals surface area contributed by atoms with Gasteiger partial charge in [0.05, 0.1) is 0 Å².